The highest BCUT2D eigenvalue weighted by molar-refractivity contribution is 5.94. The fourth-order valence-electron chi connectivity index (χ4n) is 3.11. The summed E-state index contributed by atoms with van der Waals surface area (Å²) >= 11 is 0. The Hall–Kier alpha value is -0.940. The zero-order chi connectivity index (χ0) is 13.5. The molecule has 3 atom stereocenters. The van der Waals surface area contributed by atoms with E-state index in [0.717, 1.165) is 13.0 Å². The molecule has 1 amide bonds. The molecule has 2 aliphatic rings. The first-order chi connectivity index (χ1) is 8.47. The quantitative estimate of drug-likeness (QED) is 0.738. The Morgan fingerprint density at radius 3 is 2.72 bits per heavy atom. The van der Waals surface area contributed by atoms with Gasteiger partial charge in [0.2, 0.25) is 5.91 Å². The fraction of sp³-hybridized carbons (Fsp3) is 0.846. The van der Waals surface area contributed by atoms with Gasteiger partial charge in [-0.05, 0) is 26.9 Å². The molecule has 0 bridgehead atoms. The van der Waals surface area contributed by atoms with Gasteiger partial charge in [0.15, 0.2) is 5.78 Å². The average Bonchev–Trinajstić information content (AvgIpc) is 2.87. The number of likely N-dealkylation sites (N-methyl/N-ethyl adjacent to an activating group) is 1. The molecule has 3 unspecified atom stereocenters. The number of ketones is 1. The SMILES string of the molecule is CCN(C)C1(CC)CC2OCC(C(C)=O)N2C1=O. The van der Waals surface area contributed by atoms with E-state index < -0.39 is 5.54 Å². The van der Waals surface area contributed by atoms with Crippen LogP contribution in [-0.4, -0.2) is 59.5 Å². The summed E-state index contributed by atoms with van der Waals surface area (Å²) < 4.78 is 5.63. The van der Waals surface area contributed by atoms with Crippen molar-refractivity contribution in [1.82, 2.24) is 9.80 Å². The molecule has 0 aromatic heterocycles. The molecule has 0 spiro atoms. The van der Waals surface area contributed by atoms with Crippen molar-refractivity contribution in [3.63, 3.8) is 0 Å². The van der Waals surface area contributed by atoms with E-state index in [4.69, 9.17) is 4.74 Å². The molecule has 2 aliphatic heterocycles. The summed E-state index contributed by atoms with van der Waals surface area (Å²) in [6, 6.07) is -0.388. The molecular formula is C13H22N2O3. The molecule has 2 heterocycles. The fourth-order valence-corrected chi connectivity index (χ4v) is 3.11. The molecule has 18 heavy (non-hydrogen) atoms. The van der Waals surface area contributed by atoms with Gasteiger partial charge in [-0.2, -0.15) is 0 Å². The molecule has 2 rings (SSSR count). The van der Waals surface area contributed by atoms with Crippen molar-refractivity contribution in [1.29, 1.82) is 0 Å². The van der Waals surface area contributed by atoms with Crippen LogP contribution in [0.15, 0.2) is 0 Å². The minimum absolute atomic E-state index is 0.0110. The van der Waals surface area contributed by atoms with Crippen LogP contribution in [0.2, 0.25) is 0 Å². The minimum atomic E-state index is -0.493. The van der Waals surface area contributed by atoms with Crippen LogP contribution in [0.1, 0.15) is 33.6 Å². The van der Waals surface area contributed by atoms with Crippen molar-refractivity contribution in [2.75, 3.05) is 20.2 Å². The smallest absolute Gasteiger partial charge is 0.245 e. The predicted octanol–water partition coefficient (Wildman–Crippen LogP) is 0.633. The first kappa shape index (κ1) is 13.5. The van der Waals surface area contributed by atoms with E-state index in [1.54, 1.807) is 4.90 Å². The Bertz CT molecular complexity index is 371. The highest BCUT2D eigenvalue weighted by Crippen LogP contribution is 2.40. The molecule has 102 valence electrons. The van der Waals surface area contributed by atoms with Crippen LogP contribution in [-0.2, 0) is 14.3 Å². The standard InChI is InChI=1S/C13H22N2O3/c1-5-13(14(4)6-2)7-11-15(12(13)17)10(8-18-11)9(3)16/h10-11H,5-8H2,1-4H3. The maximum atomic E-state index is 12.7. The number of hydrogen-bond acceptors (Lipinski definition) is 4. The van der Waals surface area contributed by atoms with E-state index in [9.17, 15) is 9.59 Å². The Kier molecular flexibility index (Phi) is 3.47. The van der Waals surface area contributed by atoms with Crippen LogP contribution in [0.25, 0.3) is 0 Å². The number of carbonyl (C=O) groups excluding carboxylic acids is 2. The van der Waals surface area contributed by atoms with Gasteiger partial charge in [-0.1, -0.05) is 13.8 Å². The summed E-state index contributed by atoms with van der Waals surface area (Å²) in [6.45, 7) is 6.75. The van der Waals surface area contributed by atoms with Gasteiger partial charge in [0.25, 0.3) is 0 Å². The molecule has 0 saturated carbocycles. The topological polar surface area (TPSA) is 49.9 Å². The number of amides is 1. The Balaban J connectivity index is 2.30. The third-order valence-corrected chi connectivity index (χ3v) is 4.50. The summed E-state index contributed by atoms with van der Waals surface area (Å²) in [5, 5.41) is 0. The largest absolute Gasteiger partial charge is 0.356 e. The van der Waals surface area contributed by atoms with E-state index in [1.165, 1.54) is 6.92 Å². The number of hydrogen-bond donors (Lipinski definition) is 0. The van der Waals surface area contributed by atoms with Crippen molar-refractivity contribution < 1.29 is 14.3 Å². The second-order valence-corrected chi connectivity index (χ2v) is 5.23. The predicted molar refractivity (Wildman–Crippen MR) is 67.0 cm³/mol. The summed E-state index contributed by atoms with van der Waals surface area (Å²) in [6.07, 6.45) is 1.19. The molecular weight excluding hydrogens is 232 g/mol. The maximum Gasteiger partial charge on any atom is 0.245 e. The highest BCUT2D eigenvalue weighted by Gasteiger charge is 2.58. The lowest BCUT2D eigenvalue weighted by Gasteiger charge is -2.36. The maximum absolute atomic E-state index is 12.7. The van der Waals surface area contributed by atoms with E-state index in [2.05, 4.69) is 4.90 Å². The number of rotatable bonds is 4. The Morgan fingerprint density at radius 2 is 2.22 bits per heavy atom. The number of fused-ring (bicyclic) bond motifs is 1. The van der Waals surface area contributed by atoms with Gasteiger partial charge in [-0.25, -0.2) is 0 Å². The molecule has 2 saturated heterocycles. The monoisotopic (exact) mass is 254 g/mol. The van der Waals surface area contributed by atoms with Crippen molar-refractivity contribution in [3.05, 3.63) is 0 Å². The molecule has 5 nitrogen and oxygen atoms in total. The highest BCUT2D eigenvalue weighted by atomic mass is 16.5. The third kappa shape index (κ3) is 1.68. The van der Waals surface area contributed by atoms with E-state index >= 15 is 0 Å². The van der Waals surface area contributed by atoms with Gasteiger partial charge in [0.1, 0.15) is 17.8 Å². The van der Waals surface area contributed by atoms with Gasteiger partial charge in [-0.15, -0.1) is 0 Å². The zero-order valence-corrected chi connectivity index (χ0v) is 11.6. The van der Waals surface area contributed by atoms with Gasteiger partial charge in [-0.3, -0.25) is 14.5 Å². The number of carbonyl (C=O) groups is 2. The Morgan fingerprint density at radius 1 is 1.56 bits per heavy atom. The average molecular weight is 254 g/mol. The van der Waals surface area contributed by atoms with E-state index in [-0.39, 0.29) is 24.0 Å². The second-order valence-electron chi connectivity index (χ2n) is 5.23. The molecule has 0 radical (unpaired) electrons. The van der Waals surface area contributed by atoms with Gasteiger partial charge in [0, 0.05) is 6.42 Å². The zero-order valence-electron chi connectivity index (χ0n) is 11.6. The molecule has 0 N–H and O–H groups in total. The van der Waals surface area contributed by atoms with Crippen molar-refractivity contribution in [2.45, 2.75) is 51.4 Å². The van der Waals surface area contributed by atoms with Crippen LogP contribution in [0.5, 0.6) is 0 Å². The minimum Gasteiger partial charge on any atom is -0.356 e. The van der Waals surface area contributed by atoms with Crippen molar-refractivity contribution in [3.8, 4) is 0 Å². The van der Waals surface area contributed by atoms with Gasteiger partial charge in [0.05, 0.1) is 6.61 Å². The van der Waals surface area contributed by atoms with E-state index in [0.29, 0.717) is 13.0 Å². The summed E-state index contributed by atoms with van der Waals surface area (Å²) in [5.41, 5.74) is -0.493. The second kappa shape index (κ2) is 4.63. The molecule has 0 aromatic rings. The van der Waals surface area contributed by atoms with Crippen LogP contribution < -0.4 is 0 Å². The summed E-state index contributed by atoms with van der Waals surface area (Å²) in [4.78, 5) is 28.0. The normalized spacial score (nSPS) is 35.4. The lowest BCUT2D eigenvalue weighted by molar-refractivity contribution is -0.142. The first-order valence-corrected chi connectivity index (χ1v) is 6.64. The lowest BCUT2D eigenvalue weighted by atomic mass is 9.91. The third-order valence-electron chi connectivity index (χ3n) is 4.50. The van der Waals surface area contributed by atoms with Crippen LogP contribution in [0, 0.1) is 0 Å². The van der Waals surface area contributed by atoms with E-state index in [1.807, 2.05) is 20.9 Å². The molecule has 2 fully saturated rings. The summed E-state index contributed by atoms with van der Waals surface area (Å²) in [5.74, 6) is 0.0638. The molecule has 0 aliphatic carbocycles. The number of nitrogens with zero attached hydrogens (tertiary/aromatic N) is 2. The first-order valence-electron chi connectivity index (χ1n) is 6.64. The lowest BCUT2D eigenvalue weighted by Crippen LogP contribution is -2.54. The van der Waals surface area contributed by atoms with Crippen molar-refractivity contribution >= 4 is 11.7 Å². The number of ether oxygens (including phenoxy) is 1. The number of Topliss-reactive ketones (excluding diaryl/α,β-unsaturated/α-hetero) is 1. The van der Waals surface area contributed by atoms with Gasteiger partial charge < -0.3 is 9.64 Å². The van der Waals surface area contributed by atoms with Crippen molar-refractivity contribution in [2.24, 2.45) is 0 Å². The summed E-state index contributed by atoms with van der Waals surface area (Å²) in [7, 11) is 1.96. The molecule has 0 aromatic carbocycles. The molecule has 5 heteroatoms. The van der Waals surface area contributed by atoms with Crippen LogP contribution in [0.3, 0.4) is 0 Å². The van der Waals surface area contributed by atoms with Gasteiger partial charge >= 0.3 is 0 Å². The Labute approximate surface area is 108 Å². The van der Waals surface area contributed by atoms with Crippen LogP contribution in [0.4, 0.5) is 0 Å². The van der Waals surface area contributed by atoms with Crippen LogP contribution >= 0.6 is 0 Å².